The van der Waals surface area contributed by atoms with E-state index in [1.165, 1.54) is 0 Å². The summed E-state index contributed by atoms with van der Waals surface area (Å²) in [5.74, 6) is 0.381. The van der Waals surface area contributed by atoms with Crippen LogP contribution in [-0.4, -0.2) is 27.2 Å². The average Bonchev–Trinajstić information content (AvgIpc) is 2.92. The average molecular weight is 245 g/mol. The molecule has 3 N–H and O–H groups in total. The minimum Gasteiger partial charge on any atom is -0.330 e. The molecular formula is C12H15N5O. The third-order valence-corrected chi connectivity index (χ3v) is 2.56. The lowest BCUT2D eigenvalue weighted by Crippen LogP contribution is -2.26. The Hall–Kier alpha value is -2.21. The number of amides is 1. The van der Waals surface area contributed by atoms with Crippen molar-refractivity contribution in [3.63, 3.8) is 0 Å². The standard InChI is InChI=1S/C12H15N5O/c1-9(7-13)12(18)16-10-3-4-11(14-8-10)17-6-2-5-15-17/h2-6,8-9H,7,13H2,1H3,(H,16,18). The predicted molar refractivity (Wildman–Crippen MR) is 68.2 cm³/mol. The van der Waals surface area contributed by atoms with Gasteiger partial charge in [0.25, 0.3) is 0 Å². The lowest BCUT2D eigenvalue weighted by atomic mass is 10.1. The number of anilines is 1. The molecule has 94 valence electrons. The van der Waals surface area contributed by atoms with E-state index in [-0.39, 0.29) is 11.8 Å². The van der Waals surface area contributed by atoms with Gasteiger partial charge in [0.2, 0.25) is 5.91 Å². The monoisotopic (exact) mass is 245 g/mol. The molecule has 2 rings (SSSR count). The molecule has 2 heterocycles. The first-order valence-corrected chi connectivity index (χ1v) is 5.67. The lowest BCUT2D eigenvalue weighted by molar-refractivity contribution is -0.119. The molecule has 0 aliphatic rings. The van der Waals surface area contributed by atoms with Crippen molar-refractivity contribution in [3.8, 4) is 5.82 Å². The Labute approximate surface area is 105 Å². The zero-order valence-electron chi connectivity index (χ0n) is 10.1. The van der Waals surface area contributed by atoms with Crippen LogP contribution >= 0.6 is 0 Å². The van der Waals surface area contributed by atoms with Crippen molar-refractivity contribution >= 4 is 11.6 Å². The summed E-state index contributed by atoms with van der Waals surface area (Å²) in [7, 11) is 0. The number of nitrogens with one attached hydrogen (secondary N) is 1. The normalized spacial score (nSPS) is 12.1. The van der Waals surface area contributed by atoms with Gasteiger partial charge in [0, 0.05) is 24.9 Å². The number of hydrogen-bond donors (Lipinski definition) is 2. The largest absolute Gasteiger partial charge is 0.330 e. The fourth-order valence-corrected chi connectivity index (χ4v) is 1.37. The van der Waals surface area contributed by atoms with Crippen molar-refractivity contribution < 1.29 is 4.79 Å². The highest BCUT2D eigenvalue weighted by Gasteiger charge is 2.10. The molecular weight excluding hydrogens is 230 g/mol. The molecule has 0 saturated heterocycles. The number of hydrogen-bond acceptors (Lipinski definition) is 4. The van der Waals surface area contributed by atoms with Gasteiger partial charge < -0.3 is 11.1 Å². The van der Waals surface area contributed by atoms with Crippen LogP contribution in [-0.2, 0) is 4.79 Å². The number of rotatable bonds is 4. The van der Waals surface area contributed by atoms with Crippen LogP contribution in [0.1, 0.15) is 6.92 Å². The van der Waals surface area contributed by atoms with E-state index >= 15 is 0 Å². The van der Waals surface area contributed by atoms with Crippen molar-refractivity contribution in [2.75, 3.05) is 11.9 Å². The van der Waals surface area contributed by atoms with Crippen molar-refractivity contribution in [2.24, 2.45) is 11.7 Å². The third kappa shape index (κ3) is 2.72. The summed E-state index contributed by atoms with van der Waals surface area (Å²) in [4.78, 5) is 15.8. The lowest BCUT2D eigenvalue weighted by Gasteiger charge is -2.09. The molecule has 1 amide bonds. The third-order valence-electron chi connectivity index (χ3n) is 2.56. The molecule has 0 aliphatic carbocycles. The quantitative estimate of drug-likeness (QED) is 0.834. The molecule has 0 saturated carbocycles. The summed E-state index contributed by atoms with van der Waals surface area (Å²) >= 11 is 0. The van der Waals surface area contributed by atoms with Gasteiger partial charge >= 0.3 is 0 Å². The van der Waals surface area contributed by atoms with E-state index in [2.05, 4.69) is 15.4 Å². The Kier molecular flexibility index (Phi) is 3.69. The highest BCUT2D eigenvalue weighted by molar-refractivity contribution is 5.92. The fourth-order valence-electron chi connectivity index (χ4n) is 1.37. The maximum atomic E-state index is 11.6. The molecule has 1 atom stereocenters. The Morgan fingerprint density at radius 2 is 2.39 bits per heavy atom. The van der Waals surface area contributed by atoms with Crippen LogP contribution in [0.5, 0.6) is 0 Å². The minimum atomic E-state index is -0.212. The highest BCUT2D eigenvalue weighted by atomic mass is 16.1. The van der Waals surface area contributed by atoms with Crippen LogP contribution < -0.4 is 11.1 Å². The van der Waals surface area contributed by atoms with Crippen molar-refractivity contribution in [1.82, 2.24) is 14.8 Å². The first kappa shape index (κ1) is 12.3. The maximum Gasteiger partial charge on any atom is 0.228 e. The van der Waals surface area contributed by atoms with Crippen LogP contribution in [0.15, 0.2) is 36.8 Å². The number of aromatic nitrogens is 3. The van der Waals surface area contributed by atoms with Crippen molar-refractivity contribution in [1.29, 1.82) is 0 Å². The Morgan fingerprint density at radius 3 is 2.94 bits per heavy atom. The van der Waals surface area contributed by atoms with Gasteiger partial charge in [-0.15, -0.1) is 0 Å². The molecule has 0 fully saturated rings. The molecule has 2 aromatic rings. The number of nitrogens with two attached hydrogens (primary N) is 1. The van der Waals surface area contributed by atoms with Gasteiger partial charge in [-0.1, -0.05) is 6.92 Å². The molecule has 0 aliphatic heterocycles. The van der Waals surface area contributed by atoms with Gasteiger partial charge in [0.1, 0.15) is 0 Å². The van der Waals surface area contributed by atoms with Crippen LogP contribution in [0.2, 0.25) is 0 Å². The molecule has 1 unspecified atom stereocenters. The fraction of sp³-hybridized carbons (Fsp3) is 0.250. The van der Waals surface area contributed by atoms with E-state index in [4.69, 9.17) is 5.73 Å². The van der Waals surface area contributed by atoms with E-state index in [1.807, 2.05) is 6.07 Å². The summed E-state index contributed by atoms with van der Waals surface area (Å²) in [6.45, 7) is 2.10. The summed E-state index contributed by atoms with van der Waals surface area (Å²) in [5.41, 5.74) is 6.08. The van der Waals surface area contributed by atoms with E-state index in [0.29, 0.717) is 18.1 Å². The molecule has 0 spiro atoms. The summed E-state index contributed by atoms with van der Waals surface area (Å²) < 4.78 is 1.65. The molecule has 0 aromatic carbocycles. The van der Waals surface area contributed by atoms with Crippen LogP contribution in [0.4, 0.5) is 5.69 Å². The van der Waals surface area contributed by atoms with Crippen molar-refractivity contribution in [2.45, 2.75) is 6.92 Å². The molecule has 0 radical (unpaired) electrons. The smallest absolute Gasteiger partial charge is 0.228 e. The number of nitrogens with zero attached hydrogens (tertiary/aromatic N) is 3. The first-order chi connectivity index (χ1) is 8.70. The minimum absolute atomic E-state index is 0.105. The van der Waals surface area contributed by atoms with Crippen LogP contribution in [0.25, 0.3) is 5.82 Å². The predicted octanol–water partition coefficient (Wildman–Crippen LogP) is 0.801. The highest BCUT2D eigenvalue weighted by Crippen LogP contribution is 2.10. The summed E-state index contributed by atoms with van der Waals surface area (Å²) in [6.07, 6.45) is 5.08. The topological polar surface area (TPSA) is 85.8 Å². The van der Waals surface area contributed by atoms with E-state index in [1.54, 1.807) is 42.3 Å². The van der Waals surface area contributed by atoms with Gasteiger partial charge in [-0.25, -0.2) is 9.67 Å². The molecule has 0 bridgehead atoms. The Morgan fingerprint density at radius 1 is 1.56 bits per heavy atom. The number of carbonyl (C=O) groups is 1. The van der Waals surface area contributed by atoms with E-state index in [0.717, 1.165) is 0 Å². The molecule has 18 heavy (non-hydrogen) atoms. The second-order valence-corrected chi connectivity index (χ2v) is 3.98. The van der Waals surface area contributed by atoms with E-state index < -0.39 is 0 Å². The SMILES string of the molecule is CC(CN)C(=O)Nc1ccc(-n2cccn2)nc1. The second kappa shape index (κ2) is 5.42. The molecule has 2 aromatic heterocycles. The number of carbonyl (C=O) groups excluding carboxylic acids is 1. The van der Waals surface area contributed by atoms with Gasteiger partial charge in [-0.05, 0) is 18.2 Å². The van der Waals surface area contributed by atoms with E-state index in [9.17, 15) is 4.79 Å². The van der Waals surface area contributed by atoms with Crippen LogP contribution in [0, 0.1) is 5.92 Å². The van der Waals surface area contributed by atoms with Crippen LogP contribution in [0.3, 0.4) is 0 Å². The van der Waals surface area contributed by atoms with Gasteiger partial charge in [0.15, 0.2) is 5.82 Å². The van der Waals surface area contributed by atoms with Gasteiger partial charge in [-0.2, -0.15) is 5.10 Å². The Bertz CT molecular complexity index is 506. The van der Waals surface area contributed by atoms with Gasteiger partial charge in [0.05, 0.1) is 11.9 Å². The summed E-state index contributed by atoms with van der Waals surface area (Å²) in [5, 5.41) is 6.82. The first-order valence-electron chi connectivity index (χ1n) is 5.67. The number of pyridine rings is 1. The summed E-state index contributed by atoms with van der Waals surface area (Å²) in [6, 6.07) is 5.39. The Balaban J connectivity index is 2.06. The van der Waals surface area contributed by atoms with Gasteiger partial charge in [-0.3, -0.25) is 4.79 Å². The molecule has 6 nitrogen and oxygen atoms in total. The van der Waals surface area contributed by atoms with Crippen molar-refractivity contribution in [3.05, 3.63) is 36.8 Å². The zero-order chi connectivity index (χ0) is 13.0. The maximum absolute atomic E-state index is 11.6. The second-order valence-electron chi connectivity index (χ2n) is 3.98. The zero-order valence-corrected chi connectivity index (χ0v) is 10.1. The molecule has 6 heteroatoms.